The molecule has 0 atom stereocenters. The summed E-state index contributed by atoms with van der Waals surface area (Å²) in [4.78, 5) is 14.6. The van der Waals surface area contributed by atoms with Gasteiger partial charge in [-0.25, -0.2) is 0 Å². The molecule has 1 aromatic carbocycles. The van der Waals surface area contributed by atoms with Gasteiger partial charge in [0.05, 0.1) is 5.56 Å². The average Bonchev–Trinajstić information content (AvgIpc) is 2.57. The van der Waals surface area contributed by atoms with Gasteiger partial charge >= 0.3 is 12.7 Å². The fourth-order valence-electron chi connectivity index (χ4n) is 1.21. The number of hydrogen-bond acceptors (Lipinski definition) is 4. The molecular formula is C9H4ClF2NO3. The van der Waals surface area contributed by atoms with Crippen LogP contribution < -0.4 is 4.74 Å². The van der Waals surface area contributed by atoms with Crippen molar-refractivity contribution in [1.82, 2.24) is 4.98 Å². The van der Waals surface area contributed by atoms with E-state index in [4.69, 9.17) is 16.0 Å². The molecule has 0 aliphatic rings. The zero-order chi connectivity index (χ0) is 11.7. The van der Waals surface area contributed by atoms with Gasteiger partial charge < -0.3 is 9.15 Å². The molecule has 2 aromatic rings. The molecule has 0 saturated carbocycles. The minimum atomic E-state index is -3.04. The van der Waals surface area contributed by atoms with Gasteiger partial charge in [-0.1, -0.05) is 6.07 Å². The van der Waals surface area contributed by atoms with Gasteiger partial charge in [-0.2, -0.15) is 13.8 Å². The molecule has 1 heterocycles. The Labute approximate surface area is 92.8 Å². The number of aromatic nitrogens is 1. The Hall–Kier alpha value is -1.69. The number of rotatable bonds is 3. The molecule has 0 fully saturated rings. The Balaban J connectivity index is 2.52. The third kappa shape index (κ3) is 1.96. The highest BCUT2D eigenvalue weighted by molar-refractivity contribution is 6.68. The van der Waals surface area contributed by atoms with E-state index in [9.17, 15) is 13.6 Å². The lowest BCUT2D eigenvalue weighted by atomic mass is 10.2. The maximum atomic E-state index is 11.9. The van der Waals surface area contributed by atoms with Crippen LogP contribution in [0.15, 0.2) is 22.6 Å². The highest BCUT2D eigenvalue weighted by Gasteiger charge is 2.16. The summed E-state index contributed by atoms with van der Waals surface area (Å²) in [6.07, 6.45) is -0.602. The highest BCUT2D eigenvalue weighted by atomic mass is 35.5. The van der Waals surface area contributed by atoms with Crippen LogP contribution in [0, 0.1) is 0 Å². The number of fused-ring (bicyclic) bond motifs is 1. The topological polar surface area (TPSA) is 52.3 Å². The number of oxazole rings is 1. The van der Waals surface area contributed by atoms with Crippen molar-refractivity contribution in [3.05, 3.63) is 23.8 Å². The first-order valence-electron chi connectivity index (χ1n) is 4.12. The van der Waals surface area contributed by atoms with Crippen molar-refractivity contribution in [3.8, 4) is 6.08 Å². The maximum Gasteiger partial charge on any atom is 0.399 e. The molecular weight excluding hydrogens is 244 g/mol. The molecule has 4 nitrogen and oxygen atoms in total. The van der Waals surface area contributed by atoms with Crippen LogP contribution in [0.25, 0.3) is 11.1 Å². The van der Waals surface area contributed by atoms with Crippen LogP contribution in [0.3, 0.4) is 0 Å². The summed E-state index contributed by atoms with van der Waals surface area (Å²) in [5.41, 5.74) is 0.302. The minimum Gasteiger partial charge on any atom is -0.408 e. The molecule has 1 aromatic heterocycles. The fourth-order valence-corrected chi connectivity index (χ4v) is 1.36. The third-order valence-electron chi connectivity index (χ3n) is 1.80. The molecule has 0 bridgehead atoms. The van der Waals surface area contributed by atoms with Crippen molar-refractivity contribution in [3.63, 3.8) is 0 Å². The van der Waals surface area contributed by atoms with Crippen molar-refractivity contribution >= 4 is 27.9 Å². The van der Waals surface area contributed by atoms with Crippen molar-refractivity contribution in [2.75, 3.05) is 0 Å². The number of halogens is 3. The molecule has 84 valence electrons. The van der Waals surface area contributed by atoms with Crippen molar-refractivity contribution in [1.29, 1.82) is 0 Å². The van der Waals surface area contributed by atoms with E-state index in [1.165, 1.54) is 18.2 Å². The van der Waals surface area contributed by atoms with Gasteiger partial charge in [-0.05, 0) is 23.7 Å². The summed E-state index contributed by atoms with van der Waals surface area (Å²) in [6.45, 7) is -3.04. The smallest absolute Gasteiger partial charge is 0.399 e. The molecule has 0 saturated heterocycles. The number of carbonyl (C=O) groups is 1. The number of carbonyl (C=O) groups excluding carboxylic acids is 1. The minimum absolute atomic E-state index is 0.0261. The number of ether oxygens (including phenoxy) is 1. The molecule has 0 amide bonds. The largest absolute Gasteiger partial charge is 0.408 e. The molecule has 2 rings (SSSR count). The fraction of sp³-hybridized carbons (Fsp3) is 0.111. The van der Waals surface area contributed by atoms with Gasteiger partial charge in [-0.15, -0.1) is 0 Å². The van der Waals surface area contributed by atoms with E-state index < -0.39 is 17.9 Å². The van der Waals surface area contributed by atoms with Crippen LogP contribution in [0.1, 0.15) is 10.4 Å². The Morgan fingerprint density at radius 3 is 2.88 bits per heavy atom. The number of alkyl halides is 2. The quantitative estimate of drug-likeness (QED) is 0.783. The maximum absolute atomic E-state index is 11.9. The molecule has 0 spiro atoms. The first kappa shape index (κ1) is 10.8. The van der Waals surface area contributed by atoms with Crippen LogP contribution in [0.5, 0.6) is 6.08 Å². The molecule has 0 radical (unpaired) electrons. The van der Waals surface area contributed by atoms with Crippen LogP contribution >= 0.6 is 11.6 Å². The molecule has 0 aliphatic heterocycles. The monoisotopic (exact) mass is 247 g/mol. The summed E-state index contributed by atoms with van der Waals surface area (Å²) in [5.74, 6) is 0. The number of benzene rings is 1. The summed E-state index contributed by atoms with van der Waals surface area (Å²) in [6, 6.07) is 4.39. The Bertz CT molecular complexity index is 541. The Kier molecular flexibility index (Phi) is 2.74. The van der Waals surface area contributed by atoms with Crippen LogP contribution in [0.2, 0.25) is 0 Å². The van der Waals surface area contributed by atoms with Crippen LogP contribution in [-0.2, 0) is 0 Å². The second-order valence-electron chi connectivity index (χ2n) is 2.79. The Morgan fingerprint density at radius 1 is 1.50 bits per heavy atom. The van der Waals surface area contributed by atoms with Crippen molar-refractivity contribution < 1.29 is 22.7 Å². The summed E-state index contributed by atoms with van der Waals surface area (Å²) in [5, 5.41) is -0.759. The summed E-state index contributed by atoms with van der Waals surface area (Å²) in [7, 11) is 0. The predicted octanol–water partition coefficient (Wildman–Crippen LogP) is 2.81. The summed E-state index contributed by atoms with van der Waals surface area (Å²) >= 11 is 5.28. The van der Waals surface area contributed by atoms with E-state index in [1.54, 1.807) is 0 Å². The van der Waals surface area contributed by atoms with E-state index in [0.29, 0.717) is 0 Å². The van der Waals surface area contributed by atoms with Gasteiger partial charge in [0.25, 0.3) is 5.24 Å². The third-order valence-corrected chi connectivity index (χ3v) is 2.00. The number of nitrogens with zero attached hydrogens (tertiary/aromatic N) is 1. The standard InChI is InChI=1S/C9H4ClF2NO3/c10-7(14)4-2-1-3-5-6(4)15-9(13-5)16-8(11)12/h1-3,8H. The van der Waals surface area contributed by atoms with E-state index in [1.807, 2.05) is 0 Å². The summed E-state index contributed by atoms with van der Waals surface area (Å²) < 4.78 is 32.6. The van der Waals surface area contributed by atoms with E-state index in [0.717, 1.165) is 0 Å². The average molecular weight is 248 g/mol. The van der Waals surface area contributed by atoms with Gasteiger partial charge in [0.1, 0.15) is 5.52 Å². The van der Waals surface area contributed by atoms with Gasteiger partial charge in [-0.3, -0.25) is 4.79 Å². The molecule has 0 aliphatic carbocycles. The van der Waals surface area contributed by atoms with Gasteiger partial charge in [0.15, 0.2) is 5.58 Å². The second-order valence-corrected chi connectivity index (χ2v) is 3.13. The zero-order valence-corrected chi connectivity index (χ0v) is 8.37. The zero-order valence-electron chi connectivity index (χ0n) is 7.62. The van der Waals surface area contributed by atoms with E-state index >= 15 is 0 Å². The lowest BCUT2D eigenvalue weighted by Gasteiger charge is -1.95. The molecule has 0 N–H and O–H groups in total. The predicted molar refractivity (Wildman–Crippen MR) is 50.8 cm³/mol. The molecule has 7 heteroatoms. The van der Waals surface area contributed by atoms with Gasteiger partial charge in [0.2, 0.25) is 0 Å². The lowest BCUT2D eigenvalue weighted by molar-refractivity contribution is -0.0664. The second kappa shape index (κ2) is 4.05. The van der Waals surface area contributed by atoms with Gasteiger partial charge in [0, 0.05) is 0 Å². The number of para-hydroxylation sites is 1. The van der Waals surface area contributed by atoms with E-state index in [2.05, 4.69) is 9.72 Å². The SMILES string of the molecule is O=C(Cl)c1cccc2nc(OC(F)F)oc12. The van der Waals surface area contributed by atoms with Crippen LogP contribution in [0.4, 0.5) is 8.78 Å². The molecule has 16 heavy (non-hydrogen) atoms. The highest BCUT2D eigenvalue weighted by Crippen LogP contribution is 2.25. The lowest BCUT2D eigenvalue weighted by Crippen LogP contribution is -2.01. The number of hydrogen-bond donors (Lipinski definition) is 0. The van der Waals surface area contributed by atoms with E-state index in [-0.39, 0.29) is 16.7 Å². The molecule has 0 unspecified atom stereocenters. The first-order valence-corrected chi connectivity index (χ1v) is 4.50. The normalized spacial score (nSPS) is 11.0. The van der Waals surface area contributed by atoms with Crippen molar-refractivity contribution in [2.45, 2.75) is 6.61 Å². The first-order chi connectivity index (χ1) is 7.58. The Morgan fingerprint density at radius 2 is 2.25 bits per heavy atom. The van der Waals surface area contributed by atoms with Crippen molar-refractivity contribution in [2.24, 2.45) is 0 Å². The van der Waals surface area contributed by atoms with Crippen LogP contribution in [-0.4, -0.2) is 16.8 Å².